The molecule has 0 aromatic heterocycles. The van der Waals surface area contributed by atoms with E-state index in [9.17, 15) is 9.36 Å². The van der Waals surface area contributed by atoms with Gasteiger partial charge in [0.1, 0.15) is 24.2 Å². The van der Waals surface area contributed by atoms with Gasteiger partial charge in [-0.1, -0.05) is 66.7 Å². The third kappa shape index (κ3) is 6.28. The molecule has 2 heterocycles. The lowest BCUT2D eigenvalue weighted by Gasteiger charge is -2.26. The first kappa shape index (κ1) is 27.2. The van der Waals surface area contributed by atoms with E-state index in [1.165, 1.54) is 0 Å². The van der Waals surface area contributed by atoms with E-state index in [1.54, 1.807) is 26.0 Å². The Morgan fingerprint density at radius 1 is 1.05 bits per heavy atom. The van der Waals surface area contributed by atoms with Crippen molar-refractivity contribution in [2.75, 3.05) is 6.61 Å². The molecule has 0 amide bonds. The van der Waals surface area contributed by atoms with E-state index >= 15 is 0 Å². The fourth-order valence-corrected chi connectivity index (χ4v) is 6.02. The second-order valence-electron chi connectivity index (χ2n) is 9.92. The highest BCUT2D eigenvalue weighted by Gasteiger charge is 2.50. The van der Waals surface area contributed by atoms with Gasteiger partial charge in [-0.05, 0) is 30.9 Å². The lowest BCUT2D eigenvalue weighted by atomic mass is 10.1. The zero-order chi connectivity index (χ0) is 27.6. The Balaban J connectivity index is 1.33. The molecule has 206 valence electrons. The van der Waals surface area contributed by atoms with Crippen molar-refractivity contribution >= 4 is 24.5 Å². The number of hydrogen-bond acceptors (Lipinski definition) is 8. The first-order valence-corrected chi connectivity index (χ1v) is 14.3. The molecular formula is C29H32NO8P. The molecule has 2 aliphatic rings. The van der Waals surface area contributed by atoms with Crippen LogP contribution in [-0.4, -0.2) is 36.6 Å². The number of carbonyl (C=O) groups is 1. The summed E-state index contributed by atoms with van der Waals surface area (Å²) in [4.78, 5) is 12.8. The molecule has 0 saturated carbocycles. The Morgan fingerprint density at radius 2 is 1.77 bits per heavy atom. The number of rotatable bonds is 10. The molecule has 0 aliphatic carbocycles. The molecule has 39 heavy (non-hydrogen) atoms. The van der Waals surface area contributed by atoms with Crippen LogP contribution >= 0.6 is 7.75 Å². The van der Waals surface area contributed by atoms with Crippen molar-refractivity contribution in [3.05, 3.63) is 89.9 Å². The predicted octanol–water partition coefficient (Wildman–Crippen LogP) is 5.85. The summed E-state index contributed by atoms with van der Waals surface area (Å²) in [5.41, 5.74) is 0.836. The summed E-state index contributed by atoms with van der Waals surface area (Å²) in [5, 5.41) is 4.40. The van der Waals surface area contributed by atoms with Crippen LogP contribution in [0.1, 0.15) is 33.3 Å². The second-order valence-corrected chi connectivity index (χ2v) is 11.6. The average molecular weight is 554 g/mol. The Morgan fingerprint density at radius 3 is 2.56 bits per heavy atom. The van der Waals surface area contributed by atoms with Gasteiger partial charge in [-0.25, -0.2) is 4.57 Å². The molecular weight excluding hydrogens is 521 g/mol. The van der Waals surface area contributed by atoms with E-state index in [1.807, 2.05) is 74.5 Å². The van der Waals surface area contributed by atoms with Gasteiger partial charge in [0.05, 0.1) is 6.61 Å². The zero-order valence-electron chi connectivity index (χ0n) is 22.3. The number of hydrogen-bond donors (Lipinski definition) is 1. The number of allylic oxidation sites excluding steroid dienone is 1. The largest absolute Gasteiger partial charge is 0.486 e. The quantitative estimate of drug-likeness (QED) is 0.245. The topological polar surface area (TPSA) is 102 Å². The van der Waals surface area contributed by atoms with Crippen LogP contribution in [0.25, 0.3) is 10.8 Å². The van der Waals surface area contributed by atoms with E-state index in [0.717, 1.165) is 16.3 Å². The number of fused-ring (bicyclic) bond motifs is 2. The zero-order valence-corrected chi connectivity index (χ0v) is 23.2. The van der Waals surface area contributed by atoms with Crippen LogP contribution in [0.15, 0.2) is 84.3 Å². The molecule has 3 aromatic rings. The Labute approximate surface area is 227 Å². The summed E-state index contributed by atoms with van der Waals surface area (Å²) in [5.74, 6) is 0.0916. The van der Waals surface area contributed by atoms with Gasteiger partial charge in [-0.15, -0.1) is 0 Å². The van der Waals surface area contributed by atoms with Crippen LogP contribution in [0.3, 0.4) is 0 Å². The predicted molar refractivity (Wildman–Crippen MR) is 145 cm³/mol. The van der Waals surface area contributed by atoms with Crippen molar-refractivity contribution < 1.29 is 37.4 Å². The highest BCUT2D eigenvalue weighted by Crippen LogP contribution is 2.48. The van der Waals surface area contributed by atoms with E-state index in [2.05, 4.69) is 5.09 Å². The molecule has 1 saturated heterocycles. The van der Waals surface area contributed by atoms with Crippen molar-refractivity contribution in [1.82, 2.24) is 5.09 Å². The first-order chi connectivity index (χ1) is 18.6. The number of ether oxygens (including phenoxy) is 4. The van der Waals surface area contributed by atoms with Crippen molar-refractivity contribution in [3.63, 3.8) is 0 Å². The van der Waals surface area contributed by atoms with Crippen LogP contribution in [0.2, 0.25) is 0 Å². The van der Waals surface area contributed by atoms with Gasteiger partial charge in [-0.3, -0.25) is 9.32 Å². The fourth-order valence-electron chi connectivity index (χ4n) is 4.50. The van der Waals surface area contributed by atoms with Gasteiger partial charge >= 0.3 is 13.7 Å². The minimum atomic E-state index is -4.14. The van der Waals surface area contributed by atoms with E-state index < -0.39 is 37.8 Å². The summed E-state index contributed by atoms with van der Waals surface area (Å²) in [6, 6.07) is 21.3. The molecule has 5 rings (SSSR count). The van der Waals surface area contributed by atoms with Crippen LogP contribution < -0.4 is 9.61 Å². The summed E-state index contributed by atoms with van der Waals surface area (Å²) >= 11 is 0. The molecule has 0 bridgehead atoms. The van der Waals surface area contributed by atoms with Gasteiger partial charge in [0.25, 0.3) is 0 Å². The van der Waals surface area contributed by atoms with Crippen molar-refractivity contribution in [1.29, 1.82) is 0 Å². The molecule has 9 nitrogen and oxygen atoms in total. The summed E-state index contributed by atoms with van der Waals surface area (Å²) in [6.45, 7) is 6.88. The summed E-state index contributed by atoms with van der Waals surface area (Å²) < 4.78 is 49.2. The highest BCUT2D eigenvalue weighted by molar-refractivity contribution is 7.52. The average Bonchev–Trinajstić information content (AvgIpc) is 3.39. The third-order valence-electron chi connectivity index (χ3n) is 6.34. The smallest absolute Gasteiger partial charge is 0.459 e. The lowest BCUT2D eigenvalue weighted by Crippen LogP contribution is -2.37. The molecule has 3 aromatic carbocycles. The molecule has 0 spiro atoms. The number of nitrogens with one attached hydrogen (secondary N) is 1. The van der Waals surface area contributed by atoms with Crippen molar-refractivity contribution in [2.45, 2.75) is 58.3 Å². The van der Waals surface area contributed by atoms with Gasteiger partial charge in [0.15, 0.2) is 18.0 Å². The molecule has 2 aliphatic heterocycles. The lowest BCUT2D eigenvalue weighted by molar-refractivity contribution is -0.158. The summed E-state index contributed by atoms with van der Waals surface area (Å²) in [6.07, 6.45) is -1.13. The maximum absolute atomic E-state index is 14.2. The maximum Gasteiger partial charge on any atom is 0.459 e. The van der Waals surface area contributed by atoms with Crippen molar-refractivity contribution in [2.24, 2.45) is 0 Å². The van der Waals surface area contributed by atoms with Gasteiger partial charge in [-0.2, -0.15) is 5.09 Å². The van der Waals surface area contributed by atoms with Crippen LogP contribution in [0.5, 0.6) is 5.75 Å². The van der Waals surface area contributed by atoms with Crippen LogP contribution in [0.4, 0.5) is 0 Å². The summed E-state index contributed by atoms with van der Waals surface area (Å²) in [7, 11) is -4.14. The Bertz CT molecular complexity index is 1420. The monoisotopic (exact) mass is 553 g/mol. The Kier molecular flexibility index (Phi) is 7.69. The van der Waals surface area contributed by atoms with Gasteiger partial charge < -0.3 is 23.5 Å². The standard InChI is InChI=1S/C29H32NO8P/c1-19(28(31)33-17-21-11-6-5-7-12-21)30-39(32,38-24-16-10-14-22-13-8-9-15-23(22)24)34-18-25-27-26(20(2)35-25)36-29(3,4)37-27/h5-16,19,25,27H,17-18H2,1-4H3,(H,30,32)/t19?,25?,27-,39?/m1/s1. The molecule has 1 N–H and O–H groups in total. The normalized spacial score (nSPS) is 21.9. The van der Waals surface area contributed by atoms with Crippen LogP contribution in [0, 0.1) is 0 Å². The number of carbonyl (C=O) groups excluding carboxylic acids is 1. The highest BCUT2D eigenvalue weighted by atomic mass is 31.2. The molecule has 3 unspecified atom stereocenters. The SMILES string of the molecule is CC1=C2OC(C)(C)O[C@@H]2C(COP(=O)(NC(C)C(=O)OCc2ccccc2)Oc2cccc3ccccc23)O1. The van der Waals surface area contributed by atoms with Gasteiger partial charge in [0, 0.05) is 19.2 Å². The van der Waals surface area contributed by atoms with E-state index in [4.69, 9.17) is 28.0 Å². The number of esters is 1. The molecule has 10 heteroatoms. The number of benzene rings is 3. The van der Waals surface area contributed by atoms with E-state index in [-0.39, 0.29) is 13.2 Å². The minimum absolute atomic E-state index is 0.0828. The minimum Gasteiger partial charge on any atom is -0.486 e. The van der Waals surface area contributed by atoms with E-state index in [0.29, 0.717) is 17.3 Å². The van der Waals surface area contributed by atoms with Crippen LogP contribution in [-0.2, 0) is 39.4 Å². The maximum atomic E-state index is 14.2. The second kappa shape index (κ2) is 11.0. The molecule has 0 radical (unpaired) electrons. The van der Waals surface area contributed by atoms with Gasteiger partial charge in [0.2, 0.25) is 5.79 Å². The molecule has 1 fully saturated rings. The first-order valence-electron chi connectivity index (χ1n) is 12.8. The third-order valence-corrected chi connectivity index (χ3v) is 7.97. The van der Waals surface area contributed by atoms with Crippen molar-refractivity contribution in [3.8, 4) is 5.75 Å². The fraction of sp³-hybridized carbons (Fsp3) is 0.345. The molecule has 4 atom stereocenters. The Hall–Kier alpha value is -3.36.